The Morgan fingerprint density at radius 3 is 2.83 bits per heavy atom. The second-order valence-corrected chi connectivity index (χ2v) is 7.35. The molecule has 1 aliphatic heterocycles. The van der Waals surface area contributed by atoms with E-state index in [2.05, 4.69) is 4.99 Å². The number of nitrogens with zero attached hydrogens (tertiary/aromatic N) is 2. The summed E-state index contributed by atoms with van der Waals surface area (Å²) in [6.45, 7) is 3.50. The summed E-state index contributed by atoms with van der Waals surface area (Å²) in [4.78, 5) is 30.7. The van der Waals surface area contributed by atoms with Gasteiger partial charge in [-0.2, -0.15) is 0 Å². The van der Waals surface area contributed by atoms with Crippen LogP contribution in [0.5, 0.6) is 0 Å². The highest BCUT2D eigenvalue weighted by Crippen LogP contribution is 2.32. The number of aromatic nitrogens is 1. The van der Waals surface area contributed by atoms with Gasteiger partial charge in [-0.05, 0) is 32.0 Å². The van der Waals surface area contributed by atoms with E-state index in [1.54, 1.807) is 50.3 Å². The Labute approximate surface area is 168 Å². The van der Waals surface area contributed by atoms with Crippen molar-refractivity contribution in [2.45, 2.75) is 19.9 Å². The van der Waals surface area contributed by atoms with Gasteiger partial charge < -0.3 is 9.15 Å². The summed E-state index contributed by atoms with van der Waals surface area (Å²) in [5.41, 5.74) is 0.361. The van der Waals surface area contributed by atoms with Crippen LogP contribution in [0.3, 0.4) is 0 Å². The van der Waals surface area contributed by atoms with Crippen LogP contribution in [-0.4, -0.2) is 17.1 Å². The molecule has 0 aliphatic carbocycles. The van der Waals surface area contributed by atoms with Crippen molar-refractivity contribution in [2.75, 3.05) is 6.61 Å². The predicted molar refractivity (Wildman–Crippen MR) is 106 cm³/mol. The van der Waals surface area contributed by atoms with Crippen molar-refractivity contribution >= 4 is 23.4 Å². The van der Waals surface area contributed by atoms with Gasteiger partial charge in [-0.1, -0.05) is 29.5 Å². The number of ether oxygens (including phenoxy) is 1. The number of rotatable bonds is 4. The molecule has 29 heavy (non-hydrogen) atoms. The number of allylic oxidation sites excluding steroid dienone is 1. The Hall–Kier alpha value is -3.26. The molecule has 1 unspecified atom stereocenters. The quantitative estimate of drug-likeness (QED) is 0.618. The summed E-state index contributed by atoms with van der Waals surface area (Å²) >= 11 is 1.15. The van der Waals surface area contributed by atoms with Crippen molar-refractivity contribution in [3.63, 3.8) is 0 Å². The summed E-state index contributed by atoms with van der Waals surface area (Å²) in [5.74, 6) is -0.629. The van der Waals surface area contributed by atoms with Gasteiger partial charge in [0.1, 0.15) is 17.6 Å². The van der Waals surface area contributed by atoms with Gasteiger partial charge in [0.15, 0.2) is 4.80 Å². The number of fused-ring (bicyclic) bond motifs is 1. The lowest BCUT2D eigenvalue weighted by molar-refractivity contribution is -0.139. The maximum Gasteiger partial charge on any atom is 0.338 e. The molecule has 0 spiro atoms. The number of halogens is 1. The van der Waals surface area contributed by atoms with Crippen molar-refractivity contribution in [2.24, 2.45) is 4.99 Å². The fourth-order valence-corrected chi connectivity index (χ4v) is 4.31. The number of esters is 1. The molecule has 0 saturated carbocycles. The molecule has 0 amide bonds. The molecule has 1 aromatic carbocycles. The average Bonchev–Trinajstić information content (AvgIpc) is 3.30. The molecular formula is C21H17FN2O4S. The van der Waals surface area contributed by atoms with Crippen LogP contribution in [0.15, 0.2) is 68.1 Å². The molecule has 1 aliphatic rings. The zero-order chi connectivity index (χ0) is 20.5. The maximum absolute atomic E-state index is 14.7. The monoisotopic (exact) mass is 412 g/mol. The van der Waals surface area contributed by atoms with Gasteiger partial charge >= 0.3 is 5.97 Å². The molecule has 4 rings (SSSR count). The van der Waals surface area contributed by atoms with E-state index in [4.69, 9.17) is 9.15 Å². The van der Waals surface area contributed by atoms with E-state index in [0.29, 0.717) is 20.8 Å². The first-order valence-electron chi connectivity index (χ1n) is 8.99. The SMILES string of the molecule is CCOC(=O)C1=C(C)N=c2s/c(=C/c3ccco3)c(=O)n2C1c1ccccc1F. The minimum atomic E-state index is -0.967. The Morgan fingerprint density at radius 1 is 1.34 bits per heavy atom. The summed E-state index contributed by atoms with van der Waals surface area (Å²) in [5, 5.41) is 0. The third-order valence-corrected chi connectivity index (χ3v) is 5.52. The first-order chi connectivity index (χ1) is 14.0. The van der Waals surface area contributed by atoms with Crippen LogP contribution in [0.4, 0.5) is 4.39 Å². The summed E-state index contributed by atoms with van der Waals surface area (Å²) < 4.78 is 26.9. The number of furan rings is 1. The lowest BCUT2D eigenvalue weighted by Crippen LogP contribution is -2.40. The Kier molecular flexibility index (Phi) is 5.02. The summed E-state index contributed by atoms with van der Waals surface area (Å²) in [6.07, 6.45) is 3.11. The van der Waals surface area contributed by atoms with Gasteiger partial charge in [-0.25, -0.2) is 14.2 Å². The van der Waals surface area contributed by atoms with Crippen LogP contribution in [0.1, 0.15) is 31.2 Å². The average molecular weight is 412 g/mol. The van der Waals surface area contributed by atoms with Gasteiger partial charge in [0.25, 0.3) is 5.56 Å². The second kappa shape index (κ2) is 7.63. The fourth-order valence-electron chi connectivity index (χ4n) is 3.29. The Morgan fingerprint density at radius 2 is 2.14 bits per heavy atom. The zero-order valence-electron chi connectivity index (χ0n) is 15.7. The van der Waals surface area contributed by atoms with E-state index in [-0.39, 0.29) is 23.3 Å². The van der Waals surface area contributed by atoms with Crippen LogP contribution in [0.25, 0.3) is 6.08 Å². The van der Waals surface area contributed by atoms with Crippen LogP contribution in [0, 0.1) is 5.82 Å². The normalized spacial score (nSPS) is 16.5. The lowest BCUT2D eigenvalue weighted by atomic mass is 9.95. The fraction of sp³-hybridized carbons (Fsp3) is 0.190. The molecule has 0 saturated heterocycles. The van der Waals surface area contributed by atoms with Gasteiger partial charge in [0, 0.05) is 11.6 Å². The highest BCUT2D eigenvalue weighted by molar-refractivity contribution is 7.07. The highest BCUT2D eigenvalue weighted by Gasteiger charge is 2.34. The standard InChI is InChI=1S/C21H17FN2O4S/c1-3-27-20(26)17-12(2)23-21-24(18(17)14-8-4-5-9-15(14)22)19(25)16(29-21)11-13-7-6-10-28-13/h4-11,18H,3H2,1-2H3/b16-11+. The number of thiazole rings is 1. The second-order valence-electron chi connectivity index (χ2n) is 6.34. The molecule has 1 atom stereocenters. The first-order valence-corrected chi connectivity index (χ1v) is 9.80. The highest BCUT2D eigenvalue weighted by atomic mass is 32.1. The van der Waals surface area contributed by atoms with Gasteiger partial charge in [-0.15, -0.1) is 0 Å². The van der Waals surface area contributed by atoms with E-state index >= 15 is 0 Å². The molecule has 148 valence electrons. The van der Waals surface area contributed by atoms with Gasteiger partial charge in [0.2, 0.25) is 0 Å². The largest absolute Gasteiger partial charge is 0.465 e. The third kappa shape index (κ3) is 3.36. The van der Waals surface area contributed by atoms with Crippen molar-refractivity contribution < 1.29 is 18.3 Å². The van der Waals surface area contributed by atoms with E-state index in [1.165, 1.54) is 16.9 Å². The van der Waals surface area contributed by atoms with Crippen LogP contribution < -0.4 is 14.9 Å². The number of carbonyl (C=O) groups excluding carboxylic acids is 1. The van der Waals surface area contributed by atoms with E-state index in [1.807, 2.05) is 0 Å². The smallest absolute Gasteiger partial charge is 0.338 e. The van der Waals surface area contributed by atoms with Gasteiger partial charge in [0.05, 0.1) is 28.7 Å². The van der Waals surface area contributed by atoms with E-state index in [9.17, 15) is 14.0 Å². The Bertz CT molecular complexity index is 1280. The summed E-state index contributed by atoms with van der Waals surface area (Å²) in [6, 6.07) is 8.55. The van der Waals surface area contributed by atoms with Crippen molar-refractivity contribution in [1.82, 2.24) is 4.57 Å². The maximum atomic E-state index is 14.7. The molecule has 2 aromatic heterocycles. The third-order valence-electron chi connectivity index (χ3n) is 4.53. The molecule has 0 fully saturated rings. The predicted octanol–water partition coefficient (Wildman–Crippen LogP) is 2.53. The lowest BCUT2D eigenvalue weighted by Gasteiger charge is -2.24. The van der Waals surface area contributed by atoms with Crippen molar-refractivity contribution in [1.29, 1.82) is 0 Å². The Balaban J connectivity index is 2.00. The summed E-state index contributed by atoms with van der Waals surface area (Å²) in [7, 11) is 0. The first kappa shape index (κ1) is 19.1. The van der Waals surface area contributed by atoms with Crippen LogP contribution in [0.2, 0.25) is 0 Å². The number of benzene rings is 1. The molecule has 6 nitrogen and oxygen atoms in total. The number of hydrogen-bond acceptors (Lipinski definition) is 6. The van der Waals surface area contributed by atoms with Gasteiger partial charge in [-0.3, -0.25) is 9.36 Å². The number of hydrogen-bond donors (Lipinski definition) is 0. The van der Waals surface area contributed by atoms with Crippen molar-refractivity contribution in [3.05, 3.63) is 90.8 Å². The minimum Gasteiger partial charge on any atom is -0.465 e. The molecule has 0 radical (unpaired) electrons. The van der Waals surface area contributed by atoms with E-state index in [0.717, 1.165) is 11.3 Å². The molecule has 0 N–H and O–H groups in total. The van der Waals surface area contributed by atoms with Crippen LogP contribution >= 0.6 is 11.3 Å². The van der Waals surface area contributed by atoms with Crippen LogP contribution in [-0.2, 0) is 9.53 Å². The number of carbonyl (C=O) groups is 1. The molecular weight excluding hydrogens is 395 g/mol. The molecule has 0 bridgehead atoms. The topological polar surface area (TPSA) is 73.8 Å². The molecule has 3 aromatic rings. The molecule has 3 heterocycles. The zero-order valence-corrected chi connectivity index (χ0v) is 16.5. The van der Waals surface area contributed by atoms with E-state index < -0.39 is 17.8 Å². The minimum absolute atomic E-state index is 0.147. The molecule has 8 heteroatoms. The van der Waals surface area contributed by atoms with Crippen molar-refractivity contribution in [3.8, 4) is 0 Å².